The summed E-state index contributed by atoms with van der Waals surface area (Å²) in [5.74, 6) is -2.47. The molecule has 0 aromatic carbocycles. The van der Waals surface area contributed by atoms with E-state index >= 15 is 0 Å². The lowest BCUT2D eigenvalue weighted by Gasteiger charge is -2.53. The zero-order valence-corrected chi connectivity index (χ0v) is 13.1. The molecule has 4 rings (SSSR count). The topological polar surface area (TPSA) is 184 Å². The lowest BCUT2D eigenvalue weighted by molar-refractivity contribution is -0.310. The second-order valence-electron chi connectivity index (χ2n) is 5.78. The van der Waals surface area contributed by atoms with Gasteiger partial charge in [-0.15, -0.1) is 0 Å². The van der Waals surface area contributed by atoms with Gasteiger partial charge < -0.3 is 45.3 Å². The van der Waals surface area contributed by atoms with Crippen molar-refractivity contribution in [3.05, 3.63) is 10.4 Å². The molecule has 0 saturated carbocycles. The van der Waals surface area contributed by atoms with Crippen molar-refractivity contribution < 1.29 is 28.9 Å². The highest BCUT2D eigenvalue weighted by atomic mass is 31.2. The van der Waals surface area contributed by atoms with Crippen LogP contribution in [0.1, 0.15) is 0 Å². The summed E-state index contributed by atoms with van der Waals surface area (Å²) in [4.78, 5) is 28.1. The third-order valence-electron chi connectivity index (χ3n) is 4.07. The zero-order chi connectivity index (χ0) is 17.3. The Bertz CT molecular complexity index is 797. The third-order valence-corrected chi connectivity index (χ3v) is 5.18. The number of rotatable bonds is 0. The van der Waals surface area contributed by atoms with Crippen LogP contribution < -0.4 is 21.9 Å². The number of ether oxygens (including phenoxy) is 1. The molecule has 2 saturated heterocycles. The molecule has 0 radical (unpaired) electrons. The minimum absolute atomic E-state index is 0.0216. The first-order valence-corrected chi connectivity index (χ1v) is 8.76. The fraction of sp³-hybridized carbons (Fsp3) is 0.545. The van der Waals surface area contributed by atoms with E-state index in [0.29, 0.717) is 0 Å². The Kier molecular flexibility index (Phi) is 3.25. The Labute approximate surface area is 134 Å². The van der Waals surface area contributed by atoms with Crippen LogP contribution in [0.3, 0.4) is 0 Å². The molecule has 12 nitrogen and oxygen atoms in total. The molecule has 4 heterocycles. The van der Waals surface area contributed by atoms with Gasteiger partial charge in [-0.1, -0.05) is 0 Å². The number of aromatic nitrogens is 2. The van der Waals surface area contributed by atoms with Crippen LogP contribution in [0.4, 0.5) is 17.5 Å². The summed E-state index contributed by atoms with van der Waals surface area (Å²) < 4.78 is 16.0. The predicted octanol–water partition coefficient (Wildman–Crippen LogP) is -2.43. The molecule has 5 atom stereocenters. The van der Waals surface area contributed by atoms with E-state index in [0.717, 1.165) is 0 Å². The van der Waals surface area contributed by atoms with Crippen molar-refractivity contribution in [3.8, 4) is 0 Å². The Morgan fingerprint density at radius 2 is 2.17 bits per heavy atom. The van der Waals surface area contributed by atoms with E-state index in [1.165, 1.54) is 0 Å². The van der Waals surface area contributed by atoms with Gasteiger partial charge in [-0.25, -0.2) is 0 Å². The van der Waals surface area contributed by atoms with Crippen LogP contribution in [0.5, 0.6) is 0 Å². The summed E-state index contributed by atoms with van der Waals surface area (Å²) in [5, 5.41) is 26.6. The number of aromatic amines is 1. The molecule has 3 aliphatic rings. The van der Waals surface area contributed by atoms with Gasteiger partial charge in [0, 0.05) is 0 Å². The molecule has 0 spiro atoms. The van der Waals surface area contributed by atoms with Crippen molar-refractivity contribution in [2.45, 2.75) is 30.3 Å². The first kappa shape index (κ1) is 15.8. The van der Waals surface area contributed by atoms with Crippen molar-refractivity contribution >= 4 is 31.3 Å². The highest BCUT2D eigenvalue weighted by Crippen LogP contribution is 2.52. The van der Waals surface area contributed by atoms with Crippen molar-refractivity contribution in [2.75, 3.05) is 23.0 Å². The second kappa shape index (κ2) is 4.92. The SMILES string of the molecule is C=P1(O)OC[C@H]2O[C@H]3Nc4nc(N)[nH]c(=O)c4N[C@H]3C(O)(O)[C@H]2O1. The fourth-order valence-electron chi connectivity index (χ4n) is 3.00. The van der Waals surface area contributed by atoms with Crippen LogP contribution in [0.2, 0.25) is 0 Å². The average Bonchev–Trinajstić information content (AvgIpc) is 2.47. The maximum Gasteiger partial charge on any atom is 0.277 e. The van der Waals surface area contributed by atoms with E-state index in [1.54, 1.807) is 0 Å². The smallest absolute Gasteiger partial charge is 0.277 e. The number of aliphatic hydroxyl groups is 2. The summed E-state index contributed by atoms with van der Waals surface area (Å²) >= 11 is 0. The molecule has 2 fully saturated rings. The highest BCUT2D eigenvalue weighted by molar-refractivity contribution is 7.58. The molecule has 1 unspecified atom stereocenters. The minimum atomic E-state index is -3.43. The quantitative estimate of drug-likeness (QED) is 0.192. The first-order chi connectivity index (χ1) is 11.2. The van der Waals surface area contributed by atoms with Crippen LogP contribution in [0.25, 0.3) is 0 Å². The van der Waals surface area contributed by atoms with Crippen LogP contribution in [-0.2, 0) is 13.8 Å². The number of fused-ring (bicyclic) bond motifs is 3. The van der Waals surface area contributed by atoms with Crippen molar-refractivity contribution in [1.82, 2.24) is 9.97 Å². The second-order valence-corrected chi connectivity index (χ2v) is 7.52. The first-order valence-electron chi connectivity index (χ1n) is 6.99. The van der Waals surface area contributed by atoms with Crippen molar-refractivity contribution in [2.24, 2.45) is 0 Å². The maximum atomic E-state index is 12.0. The number of nitrogens with one attached hydrogen (secondary N) is 3. The molecule has 1 aromatic rings. The van der Waals surface area contributed by atoms with Gasteiger partial charge in [0.15, 0.2) is 18.1 Å². The van der Waals surface area contributed by atoms with Crippen LogP contribution in [-0.4, -0.2) is 68.2 Å². The van der Waals surface area contributed by atoms with E-state index < -0.39 is 43.4 Å². The van der Waals surface area contributed by atoms with E-state index in [9.17, 15) is 19.9 Å². The van der Waals surface area contributed by atoms with Crippen LogP contribution in [0.15, 0.2) is 4.79 Å². The highest BCUT2D eigenvalue weighted by Gasteiger charge is 2.60. The van der Waals surface area contributed by atoms with Crippen molar-refractivity contribution in [1.29, 1.82) is 0 Å². The molecule has 0 amide bonds. The number of nitrogens with zero attached hydrogens (tertiary/aromatic N) is 1. The van der Waals surface area contributed by atoms with E-state index in [-0.39, 0.29) is 24.1 Å². The van der Waals surface area contributed by atoms with E-state index in [2.05, 4.69) is 26.9 Å². The van der Waals surface area contributed by atoms with Gasteiger partial charge >= 0.3 is 0 Å². The van der Waals surface area contributed by atoms with Gasteiger partial charge in [0.25, 0.3) is 5.56 Å². The normalized spacial score (nSPS) is 39.6. The third kappa shape index (κ3) is 2.31. The Morgan fingerprint density at radius 1 is 1.42 bits per heavy atom. The molecule has 8 N–H and O–H groups in total. The largest absolute Gasteiger partial charge is 0.369 e. The molecule has 3 aliphatic heterocycles. The van der Waals surface area contributed by atoms with E-state index in [4.69, 9.17) is 19.5 Å². The maximum absolute atomic E-state index is 12.0. The molecule has 24 heavy (non-hydrogen) atoms. The van der Waals surface area contributed by atoms with Gasteiger partial charge in [-0.2, -0.15) is 4.98 Å². The van der Waals surface area contributed by atoms with Gasteiger partial charge in [0.05, 0.1) is 6.61 Å². The fourth-order valence-corrected chi connectivity index (χ4v) is 4.09. The standard InChI is InChI=1S/C11H16N5O7P/c1-24(20)21-2-3-6(23-24)11(18,19)5-9(22-3)14-7-4(13-5)8(17)16-10(12)15-7/h3,5-6,9,13,18-20H,1-2H2,(H4,12,14,15,16,17)/t3-,5-,6+,9-,24?/m1/s1. The molecular formula is C11H16N5O7P. The average molecular weight is 361 g/mol. The number of hydrogen-bond acceptors (Lipinski definition) is 11. The minimum Gasteiger partial charge on any atom is -0.369 e. The van der Waals surface area contributed by atoms with Crippen LogP contribution in [0, 0.1) is 0 Å². The molecular weight excluding hydrogens is 345 g/mol. The number of nitrogen functional groups attached to an aromatic ring is 1. The summed E-state index contributed by atoms with van der Waals surface area (Å²) in [5.41, 5.74) is 4.89. The van der Waals surface area contributed by atoms with Gasteiger partial charge in [0.2, 0.25) is 19.3 Å². The monoisotopic (exact) mass is 361 g/mol. The Morgan fingerprint density at radius 3 is 2.92 bits per heavy atom. The predicted molar refractivity (Wildman–Crippen MR) is 83.2 cm³/mol. The molecule has 132 valence electrons. The molecule has 0 bridgehead atoms. The molecule has 0 aliphatic carbocycles. The number of hydrogen-bond donors (Lipinski definition) is 7. The number of anilines is 3. The van der Waals surface area contributed by atoms with Gasteiger partial charge in [-0.05, 0) is 6.30 Å². The summed E-state index contributed by atoms with van der Waals surface area (Å²) in [6, 6.07) is -1.18. The van der Waals surface area contributed by atoms with Gasteiger partial charge in [-0.3, -0.25) is 9.78 Å². The number of H-pyrrole nitrogens is 1. The summed E-state index contributed by atoms with van der Waals surface area (Å²) in [7, 11) is -3.43. The Hall–Kier alpha value is -1.66. The Balaban J connectivity index is 1.73. The van der Waals surface area contributed by atoms with Gasteiger partial charge in [0.1, 0.15) is 17.8 Å². The van der Waals surface area contributed by atoms with Crippen molar-refractivity contribution in [3.63, 3.8) is 0 Å². The lowest BCUT2D eigenvalue weighted by Crippen LogP contribution is -2.73. The molecule has 1 aromatic heterocycles. The lowest BCUT2D eigenvalue weighted by atomic mass is 9.91. The summed E-state index contributed by atoms with van der Waals surface area (Å²) in [6.45, 7) is -0.135. The molecule has 13 heteroatoms. The van der Waals surface area contributed by atoms with Crippen LogP contribution >= 0.6 is 7.57 Å². The number of nitrogens with two attached hydrogens (primary N) is 1. The zero-order valence-electron chi connectivity index (χ0n) is 12.2. The summed E-state index contributed by atoms with van der Waals surface area (Å²) in [6.07, 6.45) is 0.229. The van der Waals surface area contributed by atoms with E-state index in [1.807, 2.05) is 0 Å².